The third-order valence-corrected chi connectivity index (χ3v) is 6.15. The van der Waals surface area contributed by atoms with Crippen molar-refractivity contribution in [1.82, 2.24) is 14.1 Å². The molecule has 1 aromatic heterocycles. The minimum atomic E-state index is -3.54. The monoisotopic (exact) mass is 335 g/mol. The van der Waals surface area contributed by atoms with Crippen molar-refractivity contribution in [2.24, 2.45) is 7.05 Å². The lowest BCUT2D eigenvalue weighted by Gasteiger charge is -2.31. The van der Waals surface area contributed by atoms with Gasteiger partial charge in [0, 0.05) is 44.9 Å². The Kier molecular flexibility index (Phi) is 4.27. The molecule has 0 unspecified atom stereocenters. The van der Waals surface area contributed by atoms with E-state index in [0.717, 1.165) is 16.8 Å². The summed E-state index contributed by atoms with van der Waals surface area (Å²) in [7, 11) is -0.0647. The van der Waals surface area contributed by atoms with Crippen molar-refractivity contribution in [3.05, 3.63) is 47.3 Å². The number of hydrogen-bond acceptors (Lipinski definition) is 4. The number of aryl methyl sites for hydroxylation is 2. The van der Waals surface area contributed by atoms with Crippen LogP contribution >= 0.6 is 0 Å². The molecule has 1 atom stereocenters. The maximum atomic E-state index is 13.0. The fourth-order valence-corrected chi connectivity index (χ4v) is 4.80. The molecule has 0 bridgehead atoms. The lowest BCUT2D eigenvalue weighted by Crippen LogP contribution is -2.39. The second-order valence-electron chi connectivity index (χ2n) is 5.93. The first kappa shape index (κ1) is 16.2. The van der Waals surface area contributed by atoms with E-state index in [2.05, 4.69) is 5.10 Å². The van der Waals surface area contributed by atoms with Crippen LogP contribution in [0.5, 0.6) is 0 Å². The van der Waals surface area contributed by atoms with E-state index >= 15 is 0 Å². The van der Waals surface area contributed by atoms with Crippen LogP contribution in [0.25, 0.3) is 0 Å². The third kappa shape index (κ3) is 2.91. The Labute approximate surface area is 136 Å². The van der Waals surface area contributed by atoms with Crippen molar-refractivity contribution in [1.29, 1.82) is 0 Å². The Hall–Kier alpha value is -1.70. The van der Waals surface area contributed by atoms with Crippen LogP contribution in [0.1, 0.15) is 22.7 Å². The van der Waals surface area contributed by atoms with Crippen LogP contribution in [-0.4, -0.2) is 42.8 Å². The van der Waals surface area contributed by atoms with Crippen LogP contribution in [0.2, 0.25) is 0 Å². The van der Waals surface area contributed by atoms with Crippen LogP contribution in [0.3, 0.4) is 0 Å². The van der Waals surface area contributed by atoms with Crippen LogP contribution in [-0.2, 0) is 28.4 Å². The average molecular weight is 335 g/mol. The fourth-order valence-electron chi connectivity index (χ4n) is 3.11. The normalized spacial score (nSPS) is 18.8. The van der Waals surface area contributed by atoms with E-state index in [4.69, 9.17) is 4.74 Å². The zero-order chi connectivity index (χ0) is 16.6. The molecule has 7 heteroatoms. The number of rotatable bonds is 4. The molecule has 0 spiro atoms. The van der Waals surface area contributed by atoms with Gasteiger partial charge in [-0.05, 0) is 18.6 Å². The SMILES string of the molecule is COC[C@@H]1CN(S(=O)(=O)c2ccccc2C)Cc2cn(C)nc21. The molecule has 0 saturated heterocycles. The highest BCUT2D eigenvalue weighted by atomic mass is 32.2. The van der Waals surface area contributed by atoms with Crippen molar-refractivity contribution < 1.29 is 13.2 Å². The van der Waals surface area contributed by atoms with Gasteiger partial charge in [0.15, 0.2) is 0 Å². The number of methoxy groups -OCH3 is 1. The van der Waals surface area contributed by atoms with Gasteiger partial charge in [0.25, 0.3) is 0 Å². The van der Waals surface area contributed by atoms with Gasteiger partial charge in [-0.1, -0.05) is 18.2 Å². The molecule has 0 saturated carbocycles. The van der Waals surface area contributed by atoms with Gasteiger partial charge in [-0.25, -0.2) is 8.42 Å². The van der Waals surface area contributed by atoms with E-state index in [9.17, 15) is 8.42 Å². The Morgan fingerprint density at radius 2 is 2.09 bits per heavy atom. The first-order valence-corrected chi connectivity index (χ1v) is 8.94. The van der Waals surface area contributed by atoms with Crippen molar-refractivity contribution in [2.45, 2.75) is 24.3 Å². The van der Waals surface area contributed by atoms with E-state index < -0.39 is 10.0 Å². The molecule has 1 aromatic carbocycles. The summed E-state index contributed by atoms with van der Waals surface area (Å²) in [5.41, 5.74) is 2.64. The molecule has 0 aliphatic carbocycles. The number of nitrogens with zero attached hydrogens (tertiary/aromatic N) is 3. The average Bonchev–Trinajstić information content (AvgIpc) is 2.88. The predicted molar refractivity (Wildman–Crippen MR) is 86.6 cm³/mol. The van der Waals surface area contributed by atoms with E-state index in [1.165, 1.54) is 4.31 Å². The molecule has 0 fully saturated rings. The van der Waals surface area contributed by atoms with Crippen molar-refractivity contribution in [3.8, 4) is 0 Å². The van der Waals surface area contributed by atoms with E-state index in [0.29, 0.717) is 24.6 Å². The fraction of sp³-hybridized carbons (Fsp3) is 0.438. The molecule has 6 nitrogen and oxygen atoms in total. The molecule has 0 N–H and O–H groups in total. The number of fused-ring (bicyclic) bond motifs is 1. The largest absolute Gasteiger partial charge is 0.384 e. The zero-order valence-electron chi connectivity index (χ0n) is 13.6. The second kappa shape index (κ2) is 6.07. The van der Waals surface area contributed by atoms with Gasteiger partial charge in [0.1, 0.15) is 0 Å². The standard InChI is InChI=1S/C16H21N3O3S/c1-12-6-4-5-7-15(12)23(20,21)19-9-13-8-18(2)17-16(13)14(10-19)11-22-3/h4-8,14H,9-11H2,1-3H3/t14-/m0/s1. The molecule has 2 heterocycles. The van der Waals surface area contributed by atoms with E-state index in [-0.39, 0.29) is 5.92 Å². The molecule has 2 aromatic rings. The third-order valence-electron chi connectivity index (χ3n) is 4.17. The summed E-state index contributed by atoms with van der Waals surface area (Å²) in [6.07, 6.45) is 1.89. The first-order valence-electron chi connectivity index (χ1n) is 7.50. The summed E-state index contributed by atoms with van der Waals surface area (Å²) in [4.78, 5) is 0.364. The number of sulfonamides is 1. The smallest absolute Gasteiger partial charge is 0.243 e. The van der Waals surface area contributed by atoms with Crippen LogP contribution in [0.15, 0.2) is 35.4 Å². The van der Waals surface area contributed by atoms with Crippen LogP contribution < -0.4 is 0 Å². The molecule has 0 amide bonds. The highest BCUT2D eigenvalue weighted by Crippen LogP contribution is 2.31. The Bertz CT molecular complexity index is 814. The van der Waals surface area contributed by atoms with E-state index in [1.807, 2.05) is 32.3 Å². The van der Waals surface area contributed by atoms with E-state index in [1.54, 1.807) is 23.9 Å². The van der Waals surface area contributed by atoms with Crippen molar-refractivity contribution in [3.63, 3.8) is 0 Å². The molecule has 1 aliphatic heterocycles. The predicted octanol–water partition coefficient (Wildman–Crippen LogP) is 1.66. The summed E-state index contributed by atoms with van der Waals surface area (Å²) in [5.74, 6) is -0.0521. The number of aromatic nitrogens is 2. The zero-order valence-corrected chi connectivity index (χ0v) is 14.4. The van der Waals surface area contributed by atoms with Gasteiger partial charge in [-0.3, -0.25) is 4.68 Å². The molecule has 23 heavy (non-hydrogen) atoms. The summed E-state index contributed by atoms with van der Waals surface area (Å²) >= 11 is 0. The lowest BCUT2D eigenvalue weighted by molar-refractivity contribution is 0.161. The van der Waals surface area contributed by atoms with Crippen LogP contribution in [0.4, 0.5) is 0 Å². The molecule has 124 valence electrons. The van der Waals surface area contributed by atoms with Gasteiger partial charge in [0.05, 0.1) is 17.2 Å². The Morgan fingerprint density at radius 3 is 2.78 bits per heavy atom. The van der Waals surface area contributed by atoms with Crippen molar-refractivity contribution >= 4 is 10.0 Å². The number of benzene rings is 1. The quantitative estimate of drug-likeness (QED) is 0.852. The number of ether oxygens (including phenoxy) is 1. The molecule has 3 rings (SSSR count). The highest BCUT2D eigenvalue weighted by molar-refractivity contribution is 7.89. The summed E-state index contributed by atoms with van der Waals surface area (Å²) < 4.78 is 34.6. The van der Waals surface area contributed by atoms with Gasteiger partial charge in [-0.15, -0.1) is 0 Å². The summed E-state index contributed by atoms with van der Waals surface area (Å²) in [6, 6.07) is 7.08. The van der Waals surface area contributed by atoms with Crippen LogP contribution in [0, 0.1) is 6.92 Å². The number of hydrogen-bond donors (Lipinski definition) is 0. The van der Waals surface area contributed by atoms with Gasteiger partial charge in [-0.2, -0.15) is 9.40 Å². The first-order chi connectivity index (χ1) is 10.9. The summed E-state index contributed by atoms with van der Waals surface area (Å²) in [5, 5.41) is 4.47. The molecular formula is C16H21N3O3S. The minimum absolute atomic E-state index is 0.0521. The molecular weight excluding hydrogens is 314 g/mol. The molecule has 0 radical (unpaired) electrons. The maximum absolute atomic E-state index is 13.0. The Morgan fingerprint density at radius 1 is 1.35 bits per heavy atom. The Balaban J connectivity index is 2.00. The maximum Gasteiger partial charge on any atom is 0.243 e. The second-order valence-corrected chi connectivity index (χ2v) is 7.83. The summed E-state index contributed by atoms with van der Waals surface area (Å²) in [6.45, 7) is 3.00. The highest BCUT2D eigenvalue weighted by Gasteiger charge is 2.35. The topological polar surface area (TPSA) is 64.4 Å². The van der Waals surface area contributed by atoms with Crippen molar-refractivity contribution in [2.75, 3.05) is 20.3 Å². The molecule has 1 aliphatic rings. The van der Waals surface area contributed by atoms with Gasteiger partial charge < -0.3 is 4.74 Å². The van der Waals surface area contributed by atoms with Gasteiger partial charge in [0.2, 0.25) is 10.0 Å². The van der Waals surface area contributed by atoms with Gasteiger partial charge >= 0.3 is 0 Å². The lowest BCUT2D eigenvalue weighted by atomic mass is 9.99. The minimum Gasteiger partial charge on any atom is -0.384 e.